The van der Waals surface area contributed by atoms with Gasteiger partial charge in [-0.15, -0.1) is 0 Å². The van der Waals surface area contributed by atoms with Crippen molar-refractivity contribution in [2.75, 3.05) is 0 Å². The molecule has 1 heterocycles. The lowest BCUT2D eigenvalue weighted by Gasteiger charge is -2.09. The molecule has 0 radical (unpaired) electrons. The van der Waals surface area contributed by atoms with Crippen molar-refractivity contribution in [2.45, 2.75) is 27.2 Å². The molecule has 90 valence electrons. The van der Waals surface area contributed by atoms with Crippen molar-refractivity contribution in [2.24, 2.45) is 0 Å². The summed E-state index contributed by atoms with van der Waals surface area (Å²) in [6.45, 7) is 6.10. The van der Waals surface area contributed by atoms with Gasteiger partial charge in [0.15, 0.2) is 0 Å². The van der Waals surface area contributed by atoms with Crippen molar-refractivity contribution < 1.29 is 0 Å². The van der Waals surface area contributed by atoms with Crippen LogP contribution in [0.15, 0.2) is 24.3 Å². The Labute approximate surface area is 107 Å². The van der Waals surface area contributed by atoms with Gasteiger partial charge in [-0.25, -0.2) is 0 Å². The van der Waals surface area contributed by atoms with Gasteiger partial charge >= 0.3 is 0 Å². The number of rotatable bonds is 2. The minimum atomic E-state index is 0.682. The number of aromatic nitrogens is 2. The van der Waals surface area contributed by atoms with E-state index < -0.39 is 0 Å². The van der Waals surface area contributed by atoms with Crippen LogP contribution in [-0.2, 0) is 6.42 Å². The third-order valence-corrected chi connectivity index (χ3v) is 3.29. The van der Waals surface area contributed by atoms with Crippen molar-refractivity contribution in [3.63, 3.8) is 0 Å². The number of aryl methyl sites for hydroxylation is 1. The molecule has 0 unspecified atom stereocenters. The summed E-state index contributed by atoms with van der Waals surface area (Å²) in [6.07, 6.45) is 0.718. The fraction of sp³-hybridized carbons (Fsp3) is 0.267. The maximum Gasteiger partial charge on any atom is 0.0991 e. The molecule has 0 aliphatic rings. The average Bonchev–Trinajstić information content (AvgIpc) is 2.40. The largest absolute Gasteiger partial charge is 0.192 e. The molecule has 2 rings (SSSR count). The van der Waals surface area contributed by atoms with E-state index in [2.05, 4.69) is 30.1 Å². The highest BCUT2D eigenvalue weighted by Gasteiger charge is 2.07. The molecule has 0 fully saturated rings. The third-order valence-electron chi connectivity index (χ3n) is 3.29. The van der Waals surface area contributed by atoms with Crippen LogP contribution in [-0.4, -0.2) is 10.2 Å². The second kappa shape index (κ2) is 4.97. The van der Waals surface area contributed by atoms with Crippen LogP contribution in [0.2, 0.25) is 0 Å². The standard InChI is InChI=1S/C15H15N3/c1-10-11(2)15(18-17-12(10)3)8-13-5-4-6-14(7-13)9-16/h4-7H,8H2,1-3H3. The van der Waals surface area contributed by atoms with Crippen LogP contribution in [0.3, 0.4) is 0 Å². The fourth-order valence-electron chi connectivity index (χ4n) is 1.89. The molecule has 0 aliphatic heterocycles. The van der Waals surface area contributed by atoms with E-state index in [-0.39, 0.29) is 0 Å². The normalized spacial score (nSPS) is 10.1. The molecule has 0 N–H and O–H groups in total. The van der Waals surface area contributed by atoms with Crippen LogP contribution >= 0.6 is 0 Å². The lowest BCUT2D eigenvalue weighted by atomic mass is 10.0. The SMILES string of the molecule is Cc1nnc(Cc2cccc(C#N)c2)c(C)c1C. The van der Waals surface area contributed by atoms with Crippen molar-refractivity contribution in [1.82, 2.24) is 10.2 Å². The van der Waals surface area contributed by atoms with Crippen molar-refractivity contribution >= 4 is 0 Å². The van der Waals surface area contributed by atoms with E-state index in [1.54, 1.807) is 0 Å². The van der Waals surface area contributed by atoms with Gasteiger partial charge in [0.2, 0.25) is 0 Å². The first-order valence-corrected chi connectivity index (χ1v) is 5.90. The highest BCUT2D eigenvalue weighted by atomic mass is 15.1. The first-order valence-electron chi connectivity index (χ1n) is 5.90. The lowest BCUT2D eigenvalue weighted by Crippen LogP contribution is -2.03. The molecule has 18 heavy (non-hydrogen) atoms. The molecule has 0 amide bonds. The van der Waals surface area contributed by atoms with Gasteiger partial charge in [-0.2, -0.15) is 15.5 Å². The number of nitrogens with zero attached hydrogens (tertiary/aromatic N) is 3. The van der Waals surface area contributed by atoms with E-state index in [4.69, 9.17) is 5.26 Å². The molecule has 3 heteroatoms. The fourth-order valence-corrected chi connectivity index (χ4v) is 1.89. The summed E-state index contributed by atoms with van der Waals surface area (Å²) < 4.78 is 0. The zero-order valence-electron chi connectivity index (χ0n) is 10.9. The van der Waals surface area contributed by atoms with Crippen molar-refractivity contribution in [1.29, 1.82) is 5.26 Å². The summed E-state index contributed by atoms with van der Waals surface area (Å²) in [6, 6.07) is 9.77. The first kappa shape index (κ1) is 12.3. The van der Waals surface area contributed by atoms with E-state index in [0.717, 1.165) is 23.4 Å². The Balaban J connectivity index is 2.35. The van der Waals surface area contributed by atoms with E-state index >= 15 is 0 Å². The van der Waals surface area contributed by atoms with E-state index in [1.165, 1.54) is 11.1 Å². The maximum atomic E-state index is 8.89. The Kier molecular flexibility index (Phi) is 3.38. The molecule has 0 aliphatic carbocycles. The second-order valence-corrected chi connectivity index (χ2v) is 4.47. The summed E-state index contributed by atoms with van der Waals surface area (Å²) in [5.74, 6) is 0. The Morgan fingerprint density at radius 3 is 2.61 bits per heavy atom. The van der Waals surface area contributed by atoms with Crippen LogP contribution in [0.4, 0.5) is 0 Å². The smallest absolute Gasteiger partial charge is 0.0991 e. The molecule has 1 aromatic heterocycles. The van der Waals surface area contributed by atoms with Gasteiger partial charge in [-0.1, -0.05) is 12.1 Å². The Hall–Kier alpha value is -2.21. The van der Waals surface area contributed by atoms with Gasteiger partial charge in [-0.05, 0) is 49.6 Å². The predicted molar refractivity (Wildman–Crippen MR) is 70.2 cm³/mol. The number of benzene rings is 1. The summed E-state index contributed by atoms with van der Waals surface area (Å²) in [7, 11) is 0. The zero-order valence-corrected chi connectivity index (χ0v) is 10.9. The Morgan fingerprint density at radius 1 is 1.11 bits per heavy atom. The van der Waals surface area contributed by atoms with Crippen LogP contribution < -0.4 is 0 Å². The zero-order chi connectivity index (χ0) is 13.1. The van der Waals surface area contributed by atoms with Crippen molar-refractivity contribution in [3.05, 3.63) is 57.9 Å². The molecular weight excluding hydrogens is 222 g/mol. The summed E-state index contributed by atoms with van der Waals surface area (Å²) >= 11 is 0. The molecular formula is C15H15N3. The average molecular weight is 237 g/mol. The minimum Gasteiger partial charge on any atom is -0.192 e. The third kappa shape index (κ3) is 2.38. The topological polar surface area (TPSA) is 49.6 Å². The predicted octanol–water partition coefficient (Wildman–Crippen LogP) is 2.86. The molecule has 2 aromatic rings. The van der Waals surface area contributed by atoms with Gasteiger partial charge in [0.25, 0.3) is 0 Å². The Morgan fingerprint density at radius 2 is 1.89 bits per heavy atom. The molecule has 1 aromatic carbocycles. The van der Waals surface area contributed by atoms with Crippen LogP contribution in [0, 0.1) is 32.1 Å². The molecule has 0 atom stereocenters. The highest BCUT2D eigenvalue weighted by Crippen LogP contribution is 2.16. The number of hydrogen-bond acceptors (Lipinski definition) is 3. The van der Waals surface area contributed by atoms with Gasteiger partial charge in [0.05, 0.1) is 23.0 Å². The van der Waals surface area contributed by atoms with Gasteiger partial charge < -0.3 is 0 Å². The molecule has 0 bridgehead atoms. The van der Waals surface area contributed by atoms with E-state index in [1.807, 2.05) is 31.2 Å². The lowest BCUT2D eigenvalue weighted by molar-refractivity contribution is 0.874. The molecule has 0 saturated carbocycles. The highest BCUT2D eigenvalue weighted by molar-refractivity contribution is 5.37. The van der Waals surface area contributed by atoms with Crippen LogP contribution in [0.1, 0.15) is 33.6 Å². The number of hydrogen-bond donors (Lipinski definition) is 0. The summed E-state index contributed by atoms with van der Waals surface area (Å²) in [5.41, 5.74) is 6.10. The second-order valence-electron chi connectivity index (χ2n) is 4.47. The Bertz CT molecular complexity index is 624. The quantitative estimate of drug-likeness (QED) is 0.807. The van der Waals surface area contributed by atoms with Crippen molar-refractivity contribution in [3.8, 4) is 6.07 Å². The number of nitriles is 1. The molecule has 0 saturated heterocycles. The summed E-state index contributed by atoms with van der Waals surface area (Å²) in [5, 5.41) is 17.3. The molecule has 0 spiro atoms. The van der Waals surface area contributed by atoms with Crippen LogP contribution in [0.5, 0.6) is 0 Å². The van der Waals surface area contributed by atoms with Gasteiger partial charge in [-0.3, -0.25) is 0 Å². The van der Waals surface area contributed by atoms with Gasteiger partial charge in [0.1, 0.15) is 0 Å². The van der Waals surface area contributed by atoms with E-state index in [0.29, 0.717) is 5.56 Å². The minimum absolute atomic E-state index is 0.682. The van der Waals surface area contributed by atoms with Gasteiger partial charge in [0, 0.05) is 6.42 Å². The summed E-state index contributed by atoms with van der Waals surface area (Å²) in [4.78, 5) is 0. The maximum absolute atomic E-state index is 8.89. The molecule has 3 nitrogen and oxygen atoms in total. The van der Waals surface area contributed by atoms with E-state index in [9.17, 15) is 0 Å². The first-order chi connectivity index (χ1) is 8.61. The monoisotopic (exact) mass is 237 g/mol. The van der Waals surface area contributed by atoms with Crippen LogP contribution in [0.25, 0.3) is 0 Å².